The lowest BCUT2D eigenvalue weighted by Gasteiger charge is -2.02. The van der Waals surface area contributed by atoms with E-state index < -0.39 is 5.17 Å². The van der Waals surface area contributed by atoms with Crippen LogP contribution in [0.3, 0.4) is 0 Å². The Labute approximate surface area is 104 Å². The Morgan fingerprint density at radius 2 is 1.62 bits per heavy atom. The molecule has 0 bridgehead atoms. The maximum Gasteiger partial charge on any atom is 0.254 e. The van der Waals surface area contributed by atoms with E-state index in [0.29, 0.717) is 6.54 Å². The maximum atomic E-state index is 8.94. The number of aromatic hydroxyl groups is 1. The van der Waals surface area contributed by atoms with Crippen LogP contribution in [0.25, 0.3) is 0 Å². The Morgan fingerprint density at radius 1 is 1.19 bits per heavy atom. The van der Waals surface area contributed by atoms with Gasteiger partial charge in [-0.15, -0.1) is 0 Å². The van der Waals surface area contributed by atoms with Gasteiger partial charge in [0.2, 0.25) is 0 Å². The minimum absolute atomic E-state index is 0.219. The van der Waals surface area contributed by atoms with Crippen molar-refractivity contribution >= 4 is 34.8 Å². The Hall–Kier alpha value is -1.60. The molecule has 1 aromatic carbocycles. The Balaban J connectivity index is 0.000000487. The molecule has 0 radical (unpaired) electrons. The van der Waals surface area contributed by atoms with Gasteiger partial charge in [-0.3, -0.25) is 0 Å². The third-order valence-electron chi connectivity index (χ3n) is 1.38. The number of phenols is 1. The molecule has 0 aromatic heterocycles. The van der Waals surface area contributed by atoms with Gasteiger partial charge < -0.3 is 26.4 Å². The van der Waals surface area contributed by atoms with Gasteiger partial charge in [-0.1, -0.05) is 12.1 Å². The summed E-state index contributed by atoms with van der Waals surface area (Å²) in [6.07, 6.45) is 0. The van der Waals surface area contributed by atoms with Crippen LogP contribution in [0.2, 0.25) is 0 Å². The molecule has 0 atom stereocenters. The number of phenolic OH excluding ortho intramolecular Hbond substituents is 1. The lowest BCUT2D eigenvalue weighted by Crippen LogP contribution is -2.19. The number of rotatable bonds is 2. The number of hydrogen-bond acceptors (Lipinski definition) is 3. The molecular weight excluding hydrogens is 248 g/mol. The van der Waals surface area contributed by atoms with E-state index in [1.807, 2.05) is 0 Å². The van der Waals surface area contributed by atoms with Crippen LogP contribution in [0.1, 0.15) is 5.56 Å². The van der Waals surface area contributed by atoms with Gasteiger partial charge in [-0.05, 0) is 42.1 Å². The molecular formula is C9H12N2O3S2. The van der Waals surface area contributed by atoms with E-state index in [2.05, 4.69) is 35.5 Å². The van der Waals surface area contributed by atoms with Gasteiger partial charge in [0.15, 0.2) is 0 Å². The second-order valence-electron chi connectivity index (χ2n) is 2.66. The van der Waals surface area contributed by atoms with Gasteiger partial charge in [0, 0.05) is 6.54 Å². The molecule has 0 amide bonds. The number of nitrogens with one attached hydrogen (secondary N) is 1. The number of benzene rings is 1. The van der Waals surface area contributed by atoms with Crippen LogP contribution in [0.15, 0.2) is 24.3 Å². The molecule has 1 aromatic rings. The first kappa shape index (κ1) is 14.4. The second-order valence-corrected chi connectivity index (χ2v) is 3.47. The molecule has 0 saturated heterocycles. The van der Waals surface area contributed by atoms with E-state index in [1.54, 1.807) is 24.3 Å². The molecule has 0 aliphatic rings. The monoisotopic (exact) mass is 260 g/mol. The van der Waals surface area contributed by atoms with Crippen molar-refractivity contribution in [2.75, 3.05) is 0 Å². The number of hydrogen-bond donors (Lipinski definition) is 5. The maximum absolute atomic E-state index is 8.94. The molecule has 16 heavy (non-hydrogen) atoms. The molecule has 0 unspecified atom stereocenters. The molecule has 0 fully saturated rings. The van der Waals surface area contributed by atoms with E-state index in [-0.39, 0.29) is 10.9 Å². The highest BCUT2D eigenvalue weighted by Gasteiger charge is 1.93. The molecule has 0 aliphatic carbocycles. The highest BCUT2D eigenvalue weighted by atomic mass is 32.1. The Bertz CT molecular complexity index is 350. The minimum Gasteiger partial charge on any atom is -0.508 e. The highest BCUT2D eigenvalue weighted by Crippen LogP contribution is 2.08. The third-order valence-corrected chi connectivity index (χ3v) is 1.52. The molecule has 5 nitrogen and oxygen atoms in total. The molecule has 1 rings (SSSR count). The summed E-state index contributed by atoms with van der Waals surface area (Å²) < 4.78 is 0. The van der Waals surface area contributed by atoms with Crippen LogP contribution >= 0.6 is 24.4 Å². The van der Waals surface area contributed by atoms with Crippen LogP contribution in [0.4, 0.5) is 0 Å². The van der Waals surface area contributed by atoms with Gasteiger partial charge in [0.1, 0.15) is 5.75 Å². The number of aliphatic hydroxyl groups excluding tert-OH is 2. The summed E-state index contributed by atoms with van der Waals surface area (Å²) in [4.78, 5) is 0. The van der Waals surface area contributed by atoms with Gasteiger partial charge in [-0.25, -0.2) is 0 Å². The fraction of sp³-hybridized carbons (Fsp3) is 0.111. The fourth-order valence-corrected chi connectivity index (χ4v) is 0.864. The van der Waals surface area contributed by atoms with Gasteiger partial charge in [0.05, 0.1) is 0 Å². The first-order valence-corrected chi connectivity index (χ1v) is 4.96. The van der Waals surface area contributed by atoms with Crippen molar-refractivity contribution in [2.45, 2.75) is 6.54 Å². The van der Waals surface area contributed by atoms with Crippen LogP contribution < -0.4 is 11.1 Å². The number of nitrogens with two attached hydrogens (primary N) is 1. The quantitative estimate of drug-likeness (QED) is 0.508. The summed E-state index contributed by atoms with van der Waals surface area (Å²) in [6.45, 7) is 0.468. The summed E-state index contributed by atoms with van der Waals surface area (Å²) in [5.41, 5.74) is 5.35. The SMILES string of the molecule is NC(O)=S.OC(=S)NCc1ccc(O)cc1. The molecule has 6 N–H and O–H groups in total. The topological polar surface area (TPSA) is 98.7 Å². The lowest BCUT2D eigenvalue weighted by atomic mass is 10.2. The summed E-state index contributed by atoms with van der Waals surface area (Å²) in [6, 6.07) is 6.66. The second kappa shape index (κ2) is 7.66. The van der Waals surface area contributed by atoms with Crippen molar-refractivity contribution in [1.29, 1.82) is 0 Å². The molecule has 0 aliphatic heterocycles. The predicted octanol–water partition coefficient (Wildman–Crippen LogP) is 1.11. The first-order valence-electron chi connectivity index (χ1n) is 4.15. The molecule has 0 spiro atoms. The smallest absolute Gasteiger partial charge is 0.254 e. The molecule has 7 heteroatoms. The zero-order valence-corrected chi connectivity index (χ0v) is 9.88. The number of aliphatic hydroxyl groups is 2. The third kappa shape index (κ3) is 8.97. The zero-order chi connectivity index (χ0) is 12.6. The van der Waals surface area contributed by atoms with Gasteiger partial charge in [-0.2, -0.15) is 0 Å². The van der Waals surface area contributed by atoms with Crippen molar-refractivity contribution < 1.29 is 15.3 Å². The van der Waals surface area contributed by atoms with Crippen molar-refractivity contribution in [3.8, 4) is 5.75 Å². The van der Waals surface area contributed by atoms with Crippen molar-refractivity contribution in [3.63, 3.8) is 0 Å². The zero-order valence-electron chi connectivity index (χ0n) is 8.25. The highest BCUT2D eigenvalue weighted by molar-refractivity contribution is 7.80. The first-order chi connectivity index (χ1) is 7.41. The van der Waals surface area contributed by atoms with E-state index in [0.717, 1.165) is 5.56 Å². The van der Waals surface area contributed by atoms with Crippen LogP contribution in [0.5, 0.6) is 5.75 Å². The van der Waals surface area contributed by atoms with Crippen LogP contribution in [0, 0.1) is 0 Å². The van der Waals surface area contributed by atoms with Gasteiger partial charge in [0.25, 0.3) is 10.3 Å². The largest absolute Gasteiger partial charge is 0.508 e. The molecule has 88 valence electrons. The van der Waals surface area contributed by atoms with Crippen LogP contribution in [-0.4, -0.2) is 25.7 Å². The summed E-state index contributed by atoms with van der Waals surface area (Å²) in [7, 11) is 0. The van der Waals surface area contributed by atoms with E-state index in [9.17, 15) is 0 Å². The van der Waals surface area contributed by atoms with Crippen molar-refractivity contribution in [1.82, 2.24) is 5.32 Å². The summed E-state index contributed by atoms with van der Waals surface area (Å²) >= 11 is 8.29. The van der Waals surface area contributed by atoms with E-state index in [4.69, 9.17) is 15.3 Å². The van der Waals surface area contributed by atoms with Crippen LogP contribution in [-0.2, 0) is 6.54 Å². The van der Waals surface area contributed by atoms with Gasteiger partial charge >= 0.3 is 0 Å². The average molecular weight is 260 g/mol. The van der Waals surface area contributed by atoms with E-state index >= 15 is 0 Å². The van der Waals surface area contributed by atoms with E-state index in [1.165, 1.54) is 0 Å². The predicted molar refractivity (Wildman–Crippen MR) is 69.6 cm³/mol. The summed E-state index contributed by atoms with van der Waals surface area (Å²) in [5, 5.41) is 27.0. The van der Waals surface area contributed by atoms with Crippen molar-refractivity contribution in [3.05, 3.63) is 29.8 Å². The minimum atomic E-state index is -0.500. The van der Waals surface area contributed by atoms with Crippen molar-refractivity contribution in [2.24, 2.45) is 5.73 Å². The normalized spacial score (nSPS) is 8.50. The molecule has 0 saturated carbocycles. The standard InChI is InChI=1S/C8H9NO2S.CH3NOS/c10-7-3-1-6(2-4-7)5-9-8(11)12;2-1(3)4/h1-4,10H,5H2,(H2,9,11,12);(H3,2,3,4). The lowest BCUT2D eigenvalue weighted by molar-refractivity contribution is 0.475. The summed E-state index contributed by atoms with van der Waals surface area (Å²) in [5.74, 6) is 0.227. The molecule has 0 heterocycles. The Kier molecular flexibility index (Phi) is 6.89. The average Bonchev–Trinajstić information content (AvgIpc) is 2.16. The Morgan fingerprint density at radius 3 is 2.00 bits per heavy atom. The fourth-order valence-electron chi connectivity index (χ4n) is 0.791. The number of thiocarbonyl (C=S) groups is 2.